The lowest BCUT2D eigenvalue weighted by Gasteiger charge is -2.41. The second kappa shape index (κ2) is 12.4. The minimum atomic E-state index is -0.593. The van der Waals surface area contributed by atoms with Gasteiger partial charge in [0.15, 0.2) is 0 Å². The molecule has 0 heterocycles. The van der Waals surface area contributed by atoms with Crippen molar-refractivity contribution in [2.24, 2.45) is 0 Å². The lowest BCUT2D eigenvalue weighted by molar-refractivity contribution is 0.589. The van der Waals surface area contributed by atoms with Gasteiger partial charge in [0.25, 0.3) is 0 Å². The molecule has 0 aliphatic heterocycles. The number of hydrogen-bond donors (Lipinski definition) is 1. The van der Waals surface area contributed by atoms with E-state index < -0.39 is 11.0 Å². The van der Waals surface area contributed by atoms with Crippen molar-refractivity contribution in [1.82, 2.24) is 0 Å². The van der Waals surface area contributed by atoms with Crippen LogP contribution in [0.4, 0.5) is 17.1 Å². The minimum absolute atomic E-state index is 0.421. The molecule has 1 unspecified atom stereocenters. The number of aryl methyl sites for hydroxylation is 1. The number of hydrogen-bond acceptors (Lipinski definition) is 2. The number of nitrogens with zero attached hydrogens (tertiary/aromatic N) is 1. The van der Waals surface area contributed by atoms with Crippen LogP contribution in [0.5, 0.6) is 0 Å². The quantitative estimate of drug-likeness (QED) is 0.182. The molecule has 1 spiro atoms. The average molecular weight is 746 g/mol. The first-order chi connectivity index (χ1) is 26.0. The van der Waals surface area contributed by atoms with Crippen molar-refractivity contribution >= 4 is 33.0 Å². The number of halogens is 1. The molecular formula is C50H37BrN2. The number of nitrogens with one attached hydrogen (secondary N) is 1. The molecule has 10 rings (SSSR count). The fourth-order valence-electron chi connectivity index (χ4n) is 9.21. The lowest BCUT2D eigenvalue weighted by atomic mass is 9.69. The minimum Gasteiger partial charge on any atom is -0.372 e. The summed E-state index contributed by atoms with van der Waals surface area (Å²) in [7, 11) is 0. The van der Waals surface area contributed by atoms with Crippen molar-refractivity contribution in [2.75, 3.05) is 10.2 Å². The Kier molecular flexibility index (Phi) is 7.42. The van der Waals surface area contributed by atoms with Gasteiger partial charge >= 0.3 is 0 Å². The molecular weight excluding hydrogens is 708 g/mol. The van der Waals surface area contributed by atoms with Crippen LogP contribution in [0, 0.1) is 6.92 Å². The number of allylic oxidation sites excluding steroid dienone is 2. The van der Waals surface area contributed by atoms with Crippen molar-refractivity contribution in [1.29, 1.82) is 0 Å². The van der Waals surface area contributed by atoms with E-state index >= 15 is 0 Å². The van der Waals surface area contributed by atoms with Crippen LogP contribution in [0.3, 0.4) is 0 Å². The maximum Gasteiger partial charge on any atom is 0.0878 e. The Labute approximate surface area is 319 Å². The molecule has 1 atom stereocenters. The largest absolute Gasteiger partial charge is 0.372 e. The van der Waals surface area contributed by atoms with E-state index in [0.29, 0.717) is 6.42 Å². The predicted octanol–water partition coefficient (Wildman–Crippen LogP) is 13.1. The van der Waals surface area contributed by atoms with E-state index in [2.05, 4.69) is 221 Å². The molecule has 53 heavy (non-hydrogen) atoms. The SMILES string of the molecule is Cc1ccc(N(C2=CC(Br)=CC(Nc3ccccc3)(c3ccc4c(c3)C3(c5ccccc5-c5ccccc53)c3ccccc3-4)C2)c2ccccc2)cc1. The highest BCUT2D eigenvalue weighted by atomic mass is 79.9. The zero-order valence-corrected chi connectivity index (χ0v) is 31.0. The van der Waals surface area contributed by atoms with Gasteiger partial charge < -0.3 is 10.2 Å². The van der Waals surface area contributed by atoms with Crippen LogP contribution in [0.25, 0.3) is 22.3 Å². The maximum atomic E-state index is 4.09. The monoisotopic (exact) mass is 744 g/mol. The van der Waals surface area contributed by atoms with E-state index in [1.807, 2.05) is 0 Å². The highest BCUT2D eigenvalue weighted by molar-refractivity contribution is 9.11. The predicted molar refractivity (Wildman–Crippen MR) is 224 cm³/mol. The van der Waals surface area contributed by atoms with Gasteiger partial charge in [-0.15, -0.1) is 0 Å². The molecule has 254 valence electrons. The number of anilines is 3. The average Bonchev–Trinajstić information content (AvgIpc) is 3.67. The van der Waals surface area contributed by atoms with Gasteiger partial charge in [0.1, 0.15) is 0 Å². The summed E-state index contributed by atoms with van der Waals surface area (Å²) in [4.78, 5) is 2.41. The van der Waals surface area contributed by atoms with Gasteiger partial charge in [-0.2, -0.15) is 0 Å². The second-order valence-corrected chi connectivity index (χ2v) is 15.4. The standard InChI is InChI=1S/C50H37BrN2/c1-34-24-27-39(28-25-34)53(38-16-6-3-7-17-38)40-31-36(51)32-49(33-40,52-37-14-4-2-5-15-37)35-26-29-44-43-20-10-13-23-47(43)50(48(44)30-35)45-21-11-8-18-41(45)42-19-9-12-22-46(42)50/h2-32,52H,33H2,1H3. The van der Waals surface area contributed by atoms with Crippen LogP contribution in [-0.4, -0.2) is 0 Å². The van der Waals surface area contributed by atoms with Gasteiger partial charge in [0.2, 0.25) is 0 Å². The molecule has 3 aliphatic carbocycles. The van der Waals surface area contributed by atoms with E-state index in [4.69, 9.17) is 0 Å². The summed E-state index contributed by atoms with van der Waals surface area (Å²) in [6, 6.07) is 64.6. The summed E-state index contributed by atoms with van der Waals surface area (Å²) in [5.74, 6) is 0. The van der Waals surface area contributed by atoms with Gasteiger partial charge in [-0.05, 0) is 106 Å². The fraction of sp³-hybridized carbons (Fsp3) is 0.0800. The molecule has 7 aromatic carbocycles. The highest BCUT2D eigenvalue weighted by Crippen LogP contribution is 2.63. The molecule has 0 bridgehead atoms. The first-order valence-electron chi connectivity index (χ1n) is 18.3. The van der Waals surface area contributed by atoms with Gasteiger partial charge in [0, 0.05) is 33.7 Å². The van der Waals surface area contributed by atoms with Crippen LogP contribution in [-0.2, 0) is 11.0 Å². The Balaban J connectivity index is 1.20. The molecule has 0 saturated heterocycles. The van der Waals surface area contributed by atoms with Gasteiger partial charge in [-0.25, -0.2) is 0 Å². The normalized spacial score (nSPS) is 17.2. The van der Waals surface area contributed by atoms with E-state index in [1.165, 1.54) is 61.3 Å². The summed E-state index contributed by atoms with van der Waals surface area (Å²) in [6.07, 6.45) is 5.37. The third-order valence-electron chi connectivity index (χ3n) is 11.4. The molecule has 0 amide bonds. The first-order valence-corrected chi connectivity index (χ1v) is 19.1. The van der Waals surface area contributed by atoms with E-state index in [1.54, 1.807) is 0 Å². The Morgan fingerprint density at radius 1 is 0.528 bits per heavy atom. The smallest absolute Gasteiger partial charge is 0.0878 e. The number of benzene rings is 7. The first kappa shape index (κ1) is 31.8. The zero-order valence-electron chi connectivity index (χ0n) is 29.4. The third-order valence-corrected chi connectivity index (χ3v) is 11.9. The topological polar surface area (TPSA) is 15.3 Å². The van der Waals surface area contributed by atoms with Crippen LogP contribution in [0.15, 0.2) is 198 Å². The molecule has 2 nitrogen and oxygen atoms in total. The van der Waals surface area contributed by atoms with E-state index in [9.17, 15) is 0 Å². The molecule has 7 aromatic rings. The van der Waals surface area contributed by atoms with E-state index in [0.717, 1.165) is 21.5 Å². The molecule has 0 aromatic heterocycles. The summed E-state index contributed by atoms with van der Waals surface area (Å²) in [5.41, 5.74) is 16.6. The summed E-state index contributed by atoms with van der Waals surface area (Å²) < 4.78 is 1.03. The van der Waals surface area contributed by atoms with Crippen molar-refractivity contribution in [2.45, 2.75) is 24.3 Å². The van der Waals surface area contributed by atoms with Crippen molar-refractivity contribution in [3.8, 4) is 22.3 Å². The summed E-state index contributed by atoms with van der Waals surface area (Å²) in [6.45, 7) is 2.14. The van der Waals surface area contributed by atoms with Crippen LogP contribution >= 0.6 is 15.9 Å². The molecule has 1 N–H and O–H groups in total. The highest BCUT2D eigenvalue weighted by Gasteiger charge is 2.52. The Morgan fingerprint density at radius 2 is 1.04 bits per heavy atom. The number of para-hydroxylation sites is 2. The second-order valence-electron chi connectivity index (χ2n) is 14.5. The van der Waals surface area contributed by atoms with Crippen molar-refractivity contribution in [3.05, 3.63) is 232 Å². The number of rotatable bonds is 6. The van der Waals surface area contributed by atoms with Gasteiger partial charge in [-0.3, -0.25) is 0 Å². The van der Waals surface area contributed by atoms with Crippen LogP contribution < -0.4 is 10.2 Å². The van der Waals surface area contributed by atoms with Crippen molar-refractivity contribution < 1.29 is 0 Å². The van der Waals surface area contributed by atoms with Crippen LogP contribution in [0.2, 0.25) is 0 Å². The molecule has 0 saturated carbocycles. The van der Waals surface area contributed by atoms with Gasteiger partial charge in [0.05, 0.1) is 11.0 Å². The fourth-order valence-corrected chi connectivity index (χ4v) is 9.86. The third kappa shape index (κ3) is 4.91. The van der Waals surface area contributed by atoms with Crippen LogP contribution in [0.1, 0.15) is 39.8 Å². The molecule has 0 radical (unpaired) electrons. The maximum absolute atomic E-state index is 4.09. The molecule has 3 aliphatic rings. The Morgan fingerprint density at radius 3 is 1.64 bits per heavy atom. The zero-order chi connectivity index (χ0) is 35.6. The molecule has 3 heteroatoms. The Bertz CT molecular complexity index is 2520. The summed E-state index contributed by atoms with van der Waals surface area (Å²) in [5, 5.41) is 4.09. The summed E-state index contributed by atoms with van der Waals surface area (Å²) >= 11 is 4.05. The van der Waals surface area contributed by atoms with Crippen molar-refractivity contribution in [3.63, 3.8) is 0 Å². The van der Waals surface area contributed by atoms with E-state index in [-0.39, 0.29) is 0 Å². The Hall–Kier alpha value is -5.90. The lowest BCUT2D eigenvalue weighted by Crippen LogP contribution is -2.38. The molecule has 0 fully saturated rings. The number of fused-ring (bicyclic) bond motifs is 10. The van der Waals surface area contributed by atoms with Gasteiger partial charge in [-0.1, -0.05) is 161 Å².